The molecule has 0 bridgehead atoms. The van der Waals surface area contributed by atoms with E-state index in [1.54, 1.807) is 6.08 Å². The van der Waals surface area contributed by atoms with Crippen molar-refractivity contribution in [2.75, 3.05) is 0 Å². The third kappa shape index (κ3) is 2.03. The Labute approximate surface area is 98.1 Å². The van der Waals surface area contributed by atoms with Gasteiger partial charge >= 0.3 is 0 Å². The standard InChI is InChI=1S/C11H9ClN2S/c1-8-4-2-3-5-9(8)10-6-11(12,7-13)14-15-10/h2-6,14H,1H3. The molecule has 15 heavy (non-hydrogen) atoms. The van der Waals surface area contributed by atoms with E-state index in [0.717, 1.165) is 10.5 Å². The monoisotopic (exact) mass is 236 g/mol. The van der Waals surface area contributed by atoms with Crippen LogP contribution in [0.5, 0.6) is 0 Å². The highest BCUT2D eigenvalue weighted by Crippen LogP contribution is 2.38. The number of nitrogens with zero attached hydrogens (tertiary/aromatic N) is 1. The third-order valence-electron chi connectivity index (χ3n) is 2.21. The van der Waals surface area contributed by atoms with Crippen molar-refractivity contribution in [2.45, 2.75) is 11.9 Å². The minimum Gasteiger partial charge on any atom is -0.224 e. The average Bonchev–Trinajstić information content (AvgIpc) is 2.63. The molecule has 0 spiro atoms. The number of aryl methyl sites for hydroxylation is 1. The lowest BCUT2D eigenvalue weighted by molar-refractivity contribution is 0.884. The summed E-state index contributed by atoms with van der Waals surface area (Å²) in [7, 11) is 0. The molecule has 0 aliphatic carbocycles. The molecular formula is C11H9ClN2S. The SMILES string of the molecule is Cc1ccccc1C1=CC(Cl)(C#N)NS1. The number of hydrogen-bond donors (Lipinski definition) is 1. The molecule has 2 nitrogen and oxygen atoms in total. The highest BCUT2D eigenvalue weighted by atomic mass is 35.5. The first-order chi connectivity index (χ1) is 7.14. The molecule has 1 aliphatic heterocycles. The summed E-state index contributed by atoms with van der Waals surface area (Å²) in [6.07, 6.45) is 1.75. The van der Waals surface area contributed by atoms with Crippen LogP contribution in [0.2, 0.25) is 0 Å². The predicted molar refractivity (Wildman–Crippen MR) is 64.1 cm³/mol. The maximum absolute atomic E-state index is 8.86. The van der Waals surface area contributed by atoms with Gasteiger partial charge in [-0.2, -0.15) is 5.26 Å². The Kier molecular flexibility index (Phi) is 2.74. The summed E-state index contributed by atoms with van der Waals surface area (Å²) in [6.45, 7) is 2.04. The van der Waals surface area contributed by atoms with Gasteiger partial charge in [-0.3, -0.25) is 0 Å². The highest BCUT2D eigenvalue weighted by Gasteiger charge is 2.31. The summed E-state index contributed by atoms with van der Waals surface area (Å²) in [5.74, 6) is 0. The van der Waals surface area contributed by atoms with Gasteiger partial charge < -0.3 is 0 Å². The number of benzene rings is 1. The van der Waals surface area contributed by atoms with Gasteiger partial charge in [0.05, 0.1) is 0 Å². The second-order valence-corrected chi connectivity index (χ2v) is 4.80. The summed E-state index contributed by atoms with van der Waals surface area (Å²) < 4.78 is 2.89. The number of halogens is 1. The summed E-state index contributed by atoms with van der Waals surface area (Å²) >= 11 is 7.38. The zero-order chi connectivity index (χ0) is 10.9. The van der Waals surface area contributed by atoms with Gasteiger partial charge in [0.15, 0.2) is 0 Å². The summed E-state index contributed by atoms with van der Waals surface area (Å²) in [5.41, 5.74) is 2.30. The van der Waals surface area contributed by atoms with Crippen molar-refractivity contribution in [3.05, 3.63) is 41.5 Å². The second kappa shape index (κ2) is 3.90. The Balaban J connectivity index is 2.40. The van der Waals surface area contributed by atoms with Crippen LogP contribution in [-0.4, -0.2) is 5.00 Å². The third-order valence-corrected chi connectivity index (χ3v) is 3.59. The van der Waals surface area contributed by atoms with Crippen LogP contribution in [0.1, 0.15) is 11.1 Å². The Hall–Kier alpha value is -0.950. The van der Waals surface area contributed by atoms with Crippen molar-refractivity contribution in [1.29, 1.82) is 5.26 Å². The van der Waals surface area contributed by atoms with Crippen LogP contribution >= 0.6 is 23.5 Å². The quantitative estimate of drug-likeness (QED) is 0.463. The molecule has 0 aromatic heterocycles. The predicted octanol–water partition coefficient (Wildman–Crippen LogP) is 3.05. The van der Waals surface area contributed by atoms with E-state index in [-0.39, 0.29) is 0 Å². The van der Waals surface area contributed by atoms with Crippen molar-refractivity contribution >= 4 is 28.5 Å². The average molecular weight is 237 g/mol. The van der Waals surface area contributed by atoms with Crippen molar-refractivity contribution in [3.8, 4) is 6.07 Å². The minimum absolute atomic E-state index is 1.00. The minimum atomic E-state index is -1.07. The highest BCUT2D eigenvalue weighted by molar-refractivity contribution is 8.07. The zero-order valence-electron chi connectivity index (χ0n) is 8.12. The first-order valence-corrected chi connectivity index (χ1v) is 5.67. The number of hydrogen-bond acceptors (Lipinski definition) is 3. The molecule has 0 radical (unpaired) electrons. The van der Waals surface area contributed by atoms with Crippen molar-refractivity contribution in [3.63, 3.8) is 0 Å². The molecule has 0 saturated heterocycles. The van der Waals surface area contributed by atoms with Crippen molar-refractivity contribution in [2.24, 2.45) is 0 Å². The number of rotatable bonds is 1. The van der Waals surface area contributed by atoms with Gasteiger partial charge in [0.25, 0.3) is 0 Å². The maximum Gasteiger partial charge on any atom is 0.210 e. The lowest BCUT2D eigenvalue weighted by Crippen LogP contribution is -2.26. The van der Waals surface area contributed by atoms with E-state index in [2.05, 4.69) is 4.72 Å². The Morgan fingerprint density at radius 2 is 2.20 bits per heavy atom. The summed E-state index contributed by atoms with van der Waals surface area (Å²) in [5, 5.41) is 8.86. The van der Waals surface area contributed by atoms with Gasteiger partial charge in [0.1, 0.15) is 6.07 Å². The topological polar surface area (TPSA) is 35.8 Å². The van der Waals surface area contributed by atoms with Crippen LogP contribution in [0.3, 0.4) is 0 Å². The normalized spacial score (nSPS) is 24.7. The van der Waals surface area contributed by atoms with Gasteiger partial charge in [0.2, 0.25) is 5.00 Å². The molecule has 1 heterocycles. The fourth-order valence-electron chi connectivity index (χ4n) is 1.41. The summed E-state index contributed by atoms with van der Waals surface area (Å²) in [4.78, 5) is -0.0629. The fraction of sp³-hybridized carbons (Fsp3) is 0.182. The molecule has 0 amide bonds. The molecule has 1 atom stereocenters. The fourth-order valence-corrected chi connectivity index (χ4v) is 2.63. The van der Waals surface area contributed by atoms with E-state index >= 15 is 0 Å². The number of nitrogens with one attached hydrogen (secondary N) is 1. The first kappa shape index (κ1) is 10.6. The van der Waals surface area contributed by atoms with E-state index in [1.165, 1.54) is 17.5 Å². The van der Waals surface area contributed by atoms with Gasteiger partial charge in [-0.25, -0.2) is 4.72 Å². The van der Waals surface area contributed by atoms with E-state index in [4.69, 9.17) is 16.9 Å². The molecule has 1 aromatic rings. The van der Waals surface area contributed by atoms with Gasteiger partial charge in [-0.1, -0.05) is 35.9 Å². The van der Waals surface area contributed by atoms with Crippen molar-refractivity contribution < 1.29 is 0 Å². The Morgan fingerprint density at radius 1 is 1.47 bits per heavy atom. The van der Waals surface area contributed by atoms with Crippen LogP contribution in [0.15, 0.2) is 30.3 Å². The molecule has 4 heteroatoms. The molecule has 0 saturated carbocycles. The van der Waals surface area contributed by atoms with Gasteiger partial charge in [0, 0.05) is 4.91 Å². The van der Waals surface area contributed by atoms with Gasteiger partial charge in [-0.05, 0) is 36.1 Å². The van der Waals surface area contributed by atoms with Crippen LogP contribution in [0, 0.1) is 18.3 Å². The number of nitriles is 1. The van der Waals surface area contributed by atoms with Gasteiger partial charge in [-0.15, -0.1) is 0 Å². The Morgan fingerprint density at radius 3 is 2.80 bits per heavy atom. The van der Waals surface area contributed by atoms with Crippen molar-refractivity contribution in [1.82, 2.24) is 4.72 Å². The smallest absolute Gasteiger partial charge is 0.210 e. The second-order valence-electron chi connectivity index (χ2n) is 3.35. The lowest BCUT2D eigenvalue weighted by Gasteiger charge is -2.05. The largest absolute Gasteiger partial charge is 0.224 e. The molecule has 1 unspecified atom stereocenters. The van der Waals surface area contributed by atoms with E-state index in [0.29, 0.717) is 0 Å². The van der Waals surface area contributed by atoms with E-state index in [1.807, 2.05) is 37.3 Å². The molecule has 76 valence electrons. The molecule has 1 N–H and O–H groups in total. The van der Waals surface area contributed by atoms with E-state index in [9.17, 15) is 0 Å². The molecule has 1 aliphatic rings. The zero-order valence-corrected chi connectivity index (χ0v) is 9.69. The molecule has 0 fully saturated rings. The lowest BCUT2D eigenvalue weighted by atomic mass is 10.1. The van der Waals surface area contributed by atoms with Crippen LogP contribution in [-0.2, 0) is 0 Å². The van der Waals surface area contributed by atoms with Crippen LogP contribution < -0.4 is 4.72 Å². The van der Waals surface area contributed by atoms with E-state index < -0.39 is 5.00 Å². The molecule has 1 aromatic carbocycles. The molecular weight excluding hydrogens is 228 g/mol. The molecule has 2 rings (SSSR count). The van der Waals surface area contributed by atoms with Crippen LogP contribution in [0.25, 0.3) is 4.91 Å². The maximum atomic E-state index is 8.86. The Bertz CT molecular complexity index is 464. The summed E-state index contributed by atoms with van der Waals surface area (Å²) in [6, 6.07) is 10.0. The van der Waals surface area contributed by atoms with Crippen LogP contribution in [0.4, 0.5) is 0 Å². The number of alkyl halides is 1. The first-order valence-electron chi connectivity index (χ1n) is 4.48.